The molecule has 0 aliphatic heterocycles. The van der Waals surface area contributed by atoms with Gasteiger partial charge in [0.2, 0.25) is 15.0 Å². The zero-order valence-corrected chi connectivity index (χ0v) is 10.9. The Kier molecular flexibility index (Phi) is 3.46. The van der Waals surface area contributed by atoms with Gasteiger partial charge in [0.25, 0.3) is 0 Å². The van der Waals surface area contributed by atoms with E-state index in [4.69, 9.17) is 5.73 Å². The topological polar surface area (TPSA) is 115 Å². The van der Waals surface area contributed by atoms with Crippen LogP contribution in [-0.2, 0) is 9.84 Å². The minimum absolute atomic E-state index is 0.0774. The SMILES string of the molecule is CCCCCS(=O)(=O)c1nc2ncnc(N)c2[nH]1. The summed E-state index contributed by atoms with van der Waals surface area (Å²) in [5, 5.41) is -0.0826. The molecule has 8 heteroatoms. The molecule has 0 saturated heterocycles. The van der Waals surface area contributed by atoms with Crippen LogP contribution in [0.2, 0.25) is 0 Å². The Labute approximate surface area is 105 Å². The van der Waals surface area contributed by atoms with Crippen molar-refractivity contribution in [3.63, 3.8) is 0 Å². The van der Waals surface area contributed by atoms with Gasteiger partial charge in [0, 0.05) is 0 Å². The molecule has 18 heavy (non-hydrogen) atoms. The minimum Gasteiger partial charge on any atom is -0.382 e. The molecule has 2 aromatic heterocycles. The van der Waals surface area contributed by atoms with E-state index in [1.165, 1.54) is 6.33 Å². The number of aromatic amines is 1. The zero-order chi connectivity index (χ0) is 13.2. The molecule has 0 saturated carbocycles. The third-order valence-electron chi connectivity index (χ3n) is 2.61. The number of nitrogens with one attached hydrogen (secondary N) is 1. The van der Waals surface area contributed by atoms with E-state index in [0.29, 0.717) is 11.9 Å². The van der Waals surface area contributed by atoms with E-state index in [-0.39, 0.29) is 22.4 Å². The van der Waals surface area contributed by atoms with Crippen molar-refractivity contribution in [1.82, 2.24) is 19.9 Å². The Morgan fingerprint density at radius 3 is 2.78 bits per heavy atom. The number of nitrogens with zero attached hydrogens (tertiary/aromatic N) is 3. The first-order valence-corrected chi connectivity index (χ1v) is 7.39. The summed E-state index contributed by atoms with van der Waals surface area (Å²) in [6, 6.07) is 0. The van der Waals surface area contributed by atoms with Gasteiger partial charge >= 0.3 is 0 Å². The van der Waals surface area contributed by atoms with Crippen molar-refractivity contribution >= 4 is 26.8 Å². The lowest BCUT2D eigenvalue weighted by Gasteiger charge is -1.99. The first kappa shape index (κ1) is 12.7. The Hall–Kier alpha value is -1.70. The van der Waals surface area contributed by atoms with Crippen molar-refractivity contribution in [3.05, 3.63) is 6.33 Å². The summed E-state index contributed by atoms with van der Waals surface area (Å²) in [4.78, 5) is 14.3. The van der Waals surface area contributed by atoms with E-state index in [1.807, 2.05) is 6.92 Å². The summed E-state index contributed by atoms with van der Waals surface area (Å²) in [5.41, 5.74) is 6.26. The quantitative estimate of drug-likeness (QED) is 0.779. The van der Waals surface area contributed by atoms with Gasteiger partial charge in [0.05, 0.1) is 5.75 Å². The van der Waals surface area contributed by atoms with Crippen molar-refractivity contribution in [3.8, 4) is 0 Å². The molecule has 2 heterocycles. The van der Waals surface area contributed by atoms with Crippen molar-refractivity contribution in [2.75, 3.05) is 11.5 Å². The maximum Gasteiger partial charge on any atom is 0.227 e. The molecular formula is C10H15N5O2S. The smallest absolute Gasteiger partial charge is 0.227 e. The lowest BCUT2D eigenvalue weighted by Crippen LogP contribution is -2.08. The van der Waals surface area contributed by atoms with E-state index >= 15 is 0 Å². The predicted octanol–water partition coefficient (Wildman–Crippen LogP) is 0.899. The van der Waals surface area contributed by atoms with Crippen LogP contribution in [0, 0.1) is 0 Å². The average Bonchev–Trinajstić information content (AvgIpc) is 2.75. The van der Waals surface area contributed by atoms with Crippen LogP contribution >= 0.6 is 0 Å². The predicted molar refractivity (Wildman–Crippen MR) is 67.7 cm³/mol. The monoisotopic (exact) mass is 269 g/mol. The van der Waals surface area contributed by atoms with E-state index in [9.17, 15) is 8.42 Å². The molecule has 2 aromatic rings. The molecule has 0 amide bonds. The van der Waals surface area contributed by atoms with Crippen molar-refractivity contribution in [2.45, 2.75) is 31.3 Å². The molecule has 0 bridgehead atoms. The van der Waals surface area contributed by atoms with Crippen LogP contribution in [0.4, 0.5) is 5.82 Å². The Balaban J connectivity index is 2.33. The summed E-state index contributed by atoms with van der Waals surface area (Å²) in [5.74, 6) is 0.274. The lowest BCUT2D eigenvalue weighted by atomic mass is 10.3. The normalized spacial score (nSPS) is 12.1. The van der Waals surface area contributed by atoms with Crippen molar-refractivity contribution in [2.24, 2.45) is 0 Å². The third kappa shape index (κ3) is 2.42. The van der Waals surface area contributed by atoms with Gasteiger partial charge in [0.1, 0.15) is 11.8 Å². The molecule has 0 unspecified atom stereocenters. The van der Waals surface area contributed by atoms with Crippen LogP contribution in [-0.4, -0.2) is 34.1 Å². The summed E-state index contributed by atoms with van der Waals surface area (Å²) in [6.07, 6.45) is 3.72. The van der Waals surface area contributed by atoms with Crippen LogP contribution < -0.4 is 5.73 Å². The fourth-order valence-corrected chi connectivity index (χ4v) is 2.87. The van der Waals surface area contributed by atoms with E-state index in [1.54, 1.807) is 0 Å². The van der Waals surface area contributed by atoms with Gasteiger partial charge in [-0.05, 0) is 6.42 Å². The van der Waals surface area contributed by atoms with Crippen LogP contribution in [0.5, 0.6) is 0 Å². The summed E-state index contributed by atoms with van der Waals surface area (Å²) in [7, 11) is -3.40. The van der Waals surface area contributed by atoms with Crippen molar-refractivity contribution < 1.29 is 8.42 Å². The van der Waals surface area contributed by atoms with E-state index in [2.05, 4.69) is 19.9 Å². The molecule has 98 valence electrons. The molecule has 0 atom stereocenters. The third-order valence-corrected chi connectivity index (χ3v) is 4.22. The number of imidazole rings is 1. The number of fused-ring (bicyclic) bond motifs is 1. The second-order valence-corrected chi connectivity index (χ2v) is 6.05. The van der Waals surface area contributed by atoms with Gasteiger partial charge in [-0.3, -0.25) is 0 Å². The van der Waals surface area contributed by atoms with Gasteiger partial charge in [-0.25, -0.2) is 18.4 Å². The number of anilines is 1. The van der Waals surface area contributed by atoms with Crippen LogP contribution in [0.25, 0.3) is 11.2 Å². The number of sulfone groups is 1. The number of hydrogen-bond acceptors (Lipinski definition) is 6. The average molecular weight is 269 g/mol. The molecule has 3 N–H and O–H groups in total. The summed E-state index contributed by atoms with van der Waals surface area (Å²) < 4.78 is 24.0. The highest BCUT2D eigenvalue weighted by Gasteiger charge is 2.20. The maximum absolute atomic E-state index is 12.0. The van der Waals surface area contributed by atoms with Crippen molar-refractivity contribution in [1.29, 1.82) is 0 Å². The van der Waals surface area contributed by atoms with Gasteiger partial charge in [-0.2, -0.15) is 4.98 Å². The lowest BCUT2D eigenvalue weighted by molar-refractivity contribution is 0.584. The molecule has 0 fully saturated rings. The fraction of sp³-hybridized carbons (Fsp3) is 0.500. The Morgan fingerprint density at radius 2 is 2.11 bits per heavy atom. The number of aromatic nitrogens is 4. The first-order chi connectivity index (χ1) is 8.54. The minimum atomic E-state index is -3.40. The van der Waals surface area contributed by atoms with Gasteiger partial charge in [0.15, 0.2) is 11.5 Å². The number of nitrogen functional groups attached to an aromatic ring is 1. The summed E-state index contributed by atoms with van der Waals surface area (Å²) >= 11 is 0. The van der Waals surface area contributed by atoms with Gasteiger partial charge in [-0.1, -0.05) is 19.8 Å². The Bertz CT molecular complexity index is 649. The molecule has 2 rings (SSSR count). The number of hydrogen-bond donors (Lipinski definition) is 2. The maximum atomic E-state index is 12.0. The number of nitrogens with two attached hydrogens (primary N) is 1. The molecule has 0 aromatic carbocycles. The standard InChI is InChI=1S/C10H15N5O2S/c1-2-3-4-5-18(16,17)10-14-7-8(11)12-6-13-9(7)15-10/h6H,2-5H2,1H3,(H3,11,12,13,14,15). The molecule has 0 aliphatic rings. The fourth-order valence-electron chi connectivity index (χ4n) is 1.61. The second kappa shape index (κ2) is 4.89. The first-order valence-electron chi connectivity index (χ1n) is 5.73. The van der Waals surface area contributed by atoms with Crippen LogP contribution in [0.1, 0.15) is 26.2 Å². The highest BCUT2D eigenvalue weighted by atomic mass is 32.2. The highest BCUT2D eigenvalue weighted by Crippen LogP contribution is 2.17. The second-order valence-electron chi connectivity index (χ2n) is 4.03. The number of rotatable bonds is 5. The van der Waals surface area contributed by atoms with Gasteiger partial charge < -0.3 is 10.7 Å². The zero-order valence-electron chi connectivity index (χ0n) is 10.0. The molecular weight excluding hydrogens is 254 g/mol. The van der Waals surface area contributed by atoms with Crippen LogP contribution in [0.3, 0.4) is 0 Å². The van der Waals surface area contributed by atoms with Gasteiger partial charge in [-0.15, -0.1) is 0 Å². The summed E-state index contributed by atoms with van der Waals surface area (Å²) in [6.45, 7) is 2.02. The highest BCUT2D eigenvalue weighted by molar-refractivity contribution is 7.91. The Morgan fingerprint density at radius 1 is 1.33 bits per heavy atom. The molecule has 0 radical (unpaired) electrons. The van der Waals surface area contributed by atoms with Crippen LogP contribution in [0.15, 0.2) is 11.5 Å². The largest absolute Gasteiger partial charge is 0.382 e. The van der Waals surface area contributed by atoms with E-state index < -0.39 is 9.84 Å². The molecule has 0 aliphatic carbocycles. The molecule has 0 spiro atoms. The number of H-pyrrole nitrogens is 1. The number of unbranched alkanes of at least 4 members (excludes halogenated alkanes) is 2. The molecule has 7 nitrogen and oxygen atoms in total. The van der Waals surface area contributed by atoms with E-state index in [0.717, 1.165) is 12.8 Å².